The molecule has 454 valence electrons. The van der Waals surface area contributed by atoms with Crippen molar-refractivity contribution in [3.8, 4) is 33.8 Å². The highest BCUT2D eigenvalue weighted by Crippen LogP contribution is 2.58. The first-order valence-corrected chi connectivity index (χ1v) is 36.3. The fourth-order valence-corrected chi connectivity index (χ4v) is 19.1. The van der Waals surface area contributed by atoms with Gasteiger partial charge < -0.3 is 10.2 Å². The second kappa shape index (κ2) is 31.0. The van der Waals surface area contributed by atoms with Crippen LogP contribution in [-0.2, 0) is 10.8 Å². The van der Waals surface area contributed by atoms with E-state index in [1.165, 1.54) is 183 Å². The lowest BCUT2D eigenvalue weighted by atomic mass is 9.55. The molecule has 0 aliphatic heterocycles. The van der Waals surface area contributed by atoms with Crippen molar-refractivity contribution in [1.82, 2.24) is 0 Å². The van der Waals surface area contributed by atoms with Crippen LogP contribution >= 0.6 is 21.6 Å². The fourth-order valence-electron chi connectivity index (χ4n) is 17.2. The molecule has 2 fully saturated rings. The minimum absolute atomic E-state index is 0.159. The predicted molar refractivity (Wildman–Crippen MR) is 368 cm³/mol. The second-order valence-electron chi connectivity index (χ2n) is 26.7. The first kappa shape index (κ1) is 65.6. The molecule has 2 aliphatic carbocycles. The molecule has 2 aliphatic rings. The molecular weight excluding hydrogens is 1060 g/mol. The van der Waals surface area contributed by atoms with Crippen LogP contribution in [0.15, 0.2) is 131 Å². The molecule has 0 saturated heterocycles. The van der Waals surface area contributed by atoms with Crippen LogP contribution in [0.1, 0.15) is 279 Å². The van der Waals surface area contributed by atoms with E-state index in [2.05, 4.69) is 204 Å². The second-order valence-corrected chi connectivity index (χ2v) is 28.9. The van der Waals surface area contributed by atoms with E-state index in [1.54, 1.807) is 21.6 Å². The summed E-state index contributed by atoms with van der Waals surface area (Å²) in [7, 11) is 3.56. The first-order chi connectivity index (χ1) is 40.8. The van der Waals surface area contributed by atoms with Crippen molar-refractivity contribution < 1.29 is 10.2 Å². The van der Waals surface area contributed by atoms with E-state index in [1.807, 2.05) is 0 Å². The van der Waals surface area contributed by atoms with E-state index in [9.17, 15) is 10.2 Å². The third-order valence-corrected chi connectivity index (χ3v) is 24.3. The zero-order valence-corrected chi connectivity index (χ0v) is 56.1. The average molecular weight is 1170 g/mol. The number of hydrogen-bond donors (Lipinski definition) is 2. The lowest BCUT2D eigenvalue weighted by Gasteiger charge is -2.50. The maximum Gasteiger partial charge on any atom is 0.127 e. The zero-order chi connectivity index (χ0) is 60.0. The Morgan fingerprint density at radius 3 is 1.15 bits per heavy atom. The Morgan fingerprint density at radius 1 is 0.464 bits per heavy atom. The average Bonchev–Trinajstić information content (AvgIpc) is 2.59. The van der Waals surface area contributed by atoms with Gasteiger partial charge in [-0.2, -0.15) is 0 Å². The number of aromatic hydroxyl groups is 2. The van der Waals surface area contributed by atoms with Crippen molar-refractivity contribution in [3.05, 3.63) is 166 Å². The molecule has 10 atom stereocenters. The van der Waals surface area contributed by atoms with Crippen molar-refractivity contribution in [1.29, 1.82) is 0 Å². The smallest absolute Gasteiger partial charge is 0.127 e. The number of aryl methyl sites for hydroxylation is 2. The topological polar surface area (TPSA) is 40.5 Å². The largest absolute Gasteiger partial charge is 0.507 e. The van der Waals surface area contributed by atoms with Crippen molar-refractivity contribution in [2.45, 2.75) is 269 Å². The van der Waals surface area contributed by atoms with Gasteiger partial charge in [0.05, 0.1) is 0 Å². The van der Waals surface area contributed by atoms with E-state index < -0.39 is 0 Å². The maximum atomic E-state index is 12.7. The first-order valence-electron chi connectivity index (χ1n) is 34.2. The summed E-state index contributed by atoms with van der Waals surface area (Å²) in [6.45, 7) is 28.1. The molecular formula is C80H110O2S2. The lowest BCUT2D eigenvalue weighted by Crippen LogP contribution is -2.42. The number of phenolic OH excluding ortho intramolecular Hbond substituents is 2. The van der Waals surface area contributed by atoms with Gasteiger partial charge in [0, 0.05) is 32.0 Å². The van der Waals surface area contributed by atoms with Gasteiger partial charge in [-0.25, -0.2) is 0 Å². The quantitative estimate of drug-likeness (QED) is 0.0363. The highest BCUT2D eigenvalue weighted by molar-refractivity contribution is 8.76. The van der Waals surface area contributed by atoms with Gasteiger partial charge in [-0.15, -0.1) is 0 Å². The molecule has 2 nitrogen and oxygen atoms in total. The van der Waals surface area contributed by atoms with Gasteiger partial charge in [0.1, 0.15) is 11.5 Å². The molecule has 2 saturated carbocycles. The molecule has 0 heterocycles. The van der Waals surface area contributed by atoms with Crippen LogP contribution in [0.3, 0.4) is 0 Å². The Balaban J connectivity index is 1.01. The molecule has 4 heteroatoms. The molecule has 10 unspecified atom stereocenters. The summed E-state index contributed by atoms with van der Waals surface area (Å²) < 4.78 is 0. The Labute approximate surface area is 520 Å². The van der Waals surface area contributed by atoms with Gasteiger partial charge in [-0.05, 0) is 218 Å². The Kier molecular flexibility index (Phi) is 24.2. The SMILES string of the molecule is CCCCCC1CCC(c2cc(C)c(-c3ccc(SSc4ccc(-c5c(C)cc(C6CCC(CCCCC)C(C(CC)(CCC)c7ccccc7)C6)c(C(C)CC)c5O)cc4)cc3)c(O)c2C(C)CC)CC1C(CC)(CCC)c1ccccc1. The summed E-state index contributed by atoms with van der Waals surface area (Å²) in [5.74, 6) is 5.05. The van der Waals surface area contributed by atoms with Gasteiger partial charge in [0.25, 0.3) is 0 Å². The van der Waals surface area contributed by atoms with Crippen LogP contribution in [-0.4, -0.2) is 10.2 Å². The number of unbranched alkanes of at least 4 members (excludes halogenated alkanes) is 4. The minimum Gasteiger partial charge on any atom is -0.507 e. The summed E-state index contributed by atoms with van der Waals surface area (Å²) in [4.78, 5) is 2.37. The predicted octanol–water partition coefficient (Wildman–Crippen LogP) is 25.3. The van der Waals surface area contributed by atoms with Crippen molar-refractivity contribution in [2.24, 2.45) is 23.7 Å². The molecule has 0 spiro atoms. The van der Waals surface area contributed by atoms with E-state index in [0.29, 0.717) is 35.2 Å². The monoisotopic (exact) mass is 1170 g/mol. The number of rotatable bonds is 29. The zero-order valence-electron chi connectivity index (χ0n) is 54.4. The molecule has 84 heavy (non-hydrogen) atoms. The molecule has 6 aromatic rings. The van der Waals surface area contributed by atoms with Crippen molar-refractivity contribution in [3.63, 3.8) is 0 Å². The van der Waals surface area contributed by atoms with Crippen LogP contribution in [0, 0.1) is 37.5 Å². The van der Waals surface area contributed by atoms with Crippen LogP contribution in [0.25, 0.3) is 22.3 Å². The van der Waals surface area contributed by atoms with Crippen LogP contribution in [0.5, 0.6) is 11.5 Å². The number of phenols is 2. The summed E-state index contributed by atoms with van der Waals surface area (Å²) >= 11 is 0. The van der Waals surface area contributed by atoms with E-state index in [0.717, 1.165) is 46.9 Å². The number of benzene rings is 6. The third-order valence-electron chi connectivity index (χ3n) is 21.9. The minimum atomic E-state index is 0.159. The van der Waals surface area contributed by atoms with Crippen molar-refractivity contribution >= 4 is 21.6 Å². The van der Waals surface area contributed by atoms with Crippen molar-refractivity contribution in [2.75, 3.05) is 0 Å². The number of hydrogen-bond acceptors (Lipinski definition) is 4. The third kappa shape index (κ3) is 14.3. The molecule has 0 amide bonds. The lowest BCUT2D eigenvalue weighted by molar-refractivity contribution is 0.0929. The highest BCUT2D eigenvalue weighted by atomic mass is 33.1. The van der Waals surface area contributed by atoms with E-state index in [-0.39, 0.29) is 22.7 Å². The van der Waals surface area contributed by atoms with E-state index in [4.69, 9.17) is 0 Å². The molecule has 6 aromatic carbocycles. The fraction of sp³-hybridized carbons (Fsp3) is 0.550. The molecule has 8 rings (SSSR count). The highest BCUT2D eigenvalue weighted by Gasteiger charge is 2.47. The summed E-state index contributed by atoms with van der Waals surface area (Å²) in [6, 6.07) is 46.0. The van der Waals surface area contributed by atoms with Gasteiger partial charge in [-0.3, -0.25) is 0 Å². The van der Waals surface area contributed by atoms with Crippen LogP contribution in [0.2, 0.25) is 0 Å². The normalized spacial score (nSPS) is 21.4. The summed E-state index contributed by atoms with van der Waals surface area (Å²) in [5, 5.41) is 25.3. The van der Waals surface area contributed by atoms with Gasteiger partial charge >= 0.3 is 0 Å². The Morgan fingerprint density at radius 2 is 0.833 bits per heavy atom. The molecule has 0 aromatic heterocycles. The Bertz CT molecular complexity index is 2760. The van der Waals surface area contributed by atoms with Gasteiger partial charge in [0.2, 0.25) is 0 Å². The molecule has 2 N–H and O–H groups in total. The standard InChI is InChI=1S/C80H110O2S2/c1-13-21-25-31-59-37-39-63(53-71(59)79(19-7,49-15-3)65-33-27-23-28-34-65)69-51-57(11)73(77(81)75(69)55(9)17-5)61-41-45-67(46-42-61)83-84-68-47-43-62(44-48-68)74-58(12)52-70(76(78(74)82)56(10)18-6)64-40-38-60(32-26-22-14-2)72(54-64)80(20-8,50-16-4)66-35-29-24-30-36-66/h23-24,27-30,33-36,41-48,51-52,55-56,59-60,63-64,71-72,81-82H,13-22,25-26,31-32,37-40,49-50,53-54H2,1-12H3. The van der Waals surface area contributed by atoms with Crippen LogP contribution in [0.4, 0.5) is 0 Å². The molecule has 0 bridgehead atoms. The summed E-state index contributed by atoms with van der Waals surface area (Å²) in [5.41, 5.74) is 15.1. The van der Waals surface area contributed by atoms with Gasteiger partial charge in [-0.1, -0.05) is 252 Å². The van der Waals surface area contributed by atoms with Crippen LogP contribution < -0.4 is 0 Å². The maximum absolute atomic E-state index is 12.7. The van der Waals surface area contributed by atoms with Gasteiger partial charge in [0.15, 0.2) is 0 Å². The van der Waals surface area contributed by atoms with E-state index >= 15 is 0 Å². The molecule has 0 radical (unpaired) electrons. The Hall–Kier alpha value is -4.38. The summed E-state index contributed by atoms with van der Waals surface area (Å²) in [6.07, 6.45) is 27.0.